The Morgan fingerprint density at radius 1 is 1.33 bits per heavy atom. The van der Waals surface area contributed by atoms with Crippen molar-refractivity contribution in [2.24, 2.45) is 11.1 Å². The van der Waals surface area contributed by atoms with Crippen LogP contribution in [0.3, 0.4) is 0 Å². The van der Waals surface area contributed by atoms with Crippen LogP contribution in [0.25, 0.3) is 0 Å². The van der Waals surface area contributed by atoms with Gasteiger partial charge in [0, 0.05) is 17.0 Å². The second-order valence-electron chi connectivity index (χ2n) is 5.53. The van der Waals surface area contributed by atoms with Crippen LogP contribution in [0.5, 0.6) is 0 Å². The zero-order valence-corrected chi connectivity index (χ0v) is 11.0. The highest BCUT2D eigenvalue weighted by Crippen LogP contribution is 2.65. The first kappa shape index (κ1) is 13.7. The molecule has 1 unspecified atom stereocenters. The molecule has 0 amide bonds. The molecular formula is C13H15ClF3N. The van der Waals surface area contributed by atoms with Crippen LogP contribution in [0.1, 0.15) is 31.4 Å². The lowest BCUT2D eigenvalue weighted by Gasteiger charge is -2.23. The highest BCUT2D eigenvalue weighted by atomic mass is 35.5. The third-order valence-corrected chi connectivity index (χ3v) is 4.30. The van der Waals surface area contributed by atoms with Gasteiger partial charge in [-0.05, 0) is 29.5 Å². The molecule has 0 spiro atoms. The third kappa shape index (κ3) is 1.91. The quantitative estimate of drug-likeness (QED) is 0.869. The van der Waals surface area contributed by atoms with Crippen molar-refractivity contribution < 1.29 is 13.2 Å². The molecule has 1 aromatic carbocycles. The standard InChI is InChI=1S/C13H15ClF3N/c1-11(2)6-12(11,7-18)9-4-3-8(14)5-10(9)13(15,16)17/h3-5H,6-7,18H2,1-2H3. The number of halogens is 4. The molecule has 2 N–H and O–H groups in total. The SMILES string of the molecule is CC1(C)CC1(CN)c1ccc(Cl)cc1C(F)(F)F. The fourth-order valence-corrected chi connectivity index (χ4v) is 2.97. The summed E-state index contributed by atoms with van der Waals surface area (Å²) in [6, 6.07) is 3.95. The Labute approximate surface area is 109 Å². The van der Waals surface area contributed by atoms with Crippen molar-refractivity contribution >= 4 is 11.6 Å². The molecule has 1 aliphatic carbocycles. The average Bonchev–Trinajstić information content (AvgIpc) is 2.81. The van der Waals surface area contributed by atoms with Gasteiger partial charge in [0.1, 0.15) is 0 Å². The van der Waals surface area contributed by atoms with Gasteiger partial charge in [0.2, 0.25) is 0 Å². The molecule has 0 radical (unpaired) electrons. The monoisotopic (exact) mass is 277 g/mol. The molecule has 0 heterocycles. The van der Waals surface area contributed by atoms with Gasteiger partial charge in [-0.15, -0.1) is 0 Å². The van der Waals surface area contributed by atoms with Crippen molar-refractivity contribution in [3.8, 4) is 0 Å². The van der Waals surface area contributed by atoms with Crippen LogP contribution in [0.15, 0.2) is 18.2 Å². The highest BCUT2D eigenvalue weighted by molar-refractivity contribution is 6.30. The molecular weight excluding hydrogens is 263 g/mol. The van der Waals surface area contributed by atoms with Gasteiger partial charge in [0.05, 0.1) is 5.56 Å². The second-order valence-corrected chi connectivity index (χ2v) is 5.97. The van der Waals surface area contributed by atoms with E-state index in [9.17, 15) is 13.2 Å². The Morgan fingerprint density at radius 2 is 1.89 bits per heavy atom. The Bertz CT molecular complexity index is 482. The van der Waals surface area contributed by atoms with E-state index in [4.69, 9.17) is 17.3 Å². The van der Waals surface area contributed by atoms with E-state index in [1.807, 2.05) is 13.8 Å². The lowest BCUT2D eigenvalue weighted by atomic mass is 9.85. The van der Waals surface area contributed by atoms with E-state index in [1.54, 1.807) is 0 Å². The summed E-state index contributed by atoms with van der Waals surface area (Å²) in [4.78, 5) is 0. The smallest absolute Gasteiger partial charge is 0.330 e. The maximum atomic E-state index is 13.1. The Morgan fingerprint density at radius 3 is 2.28 bits per heavy atom. The third-order valence-electron chi connectivity index (χ3n) is 4.07. The van der Waals surface area contributed by atoms with Crippen LogP contribution < -0.4 is 5.73 Å². The van der Waals surface area contributed by atoms with Crippen molar-refractivity contribution in [2.45, 2.75) is 31.9 Å². The second kappa shape index (κ2) is 3.87. The van der Waals surface area contributed by atoms with E-state index in [-0.39, 0.29) is 22.5 Å². The summed E-state index contributed by atoms with van der Waals surface area (Å²) in [6.45, 7) is 4.09. The maximum absolute atomic E-state index is 13.1. The normalized spacial score (nSPS) is 26.2. The molecule has 1 fully saturated rings. The summed E-state index contributed by atoms with van der Waals surface area (Å²) in [7, 11) is 0. The number of hydrogen-bond acceptors (Lipinski definition) is 1. The summed E-state index contributed by atoms with van der Waals surface area (Å²) in [5.74, 6) is 0. The summed E-state index contributed by atoms with van der Waals surface area (Å²) in [6.07, 6.45) is -3.73. The highest BCUT2D eigenvalue weighted by Gasteiger charge is 2.62. The minimum atomic E-state index is -4.40. The van der Waals surface area contributed by atoms with E-state index in [2.05, 4.69) is 0 Å². The van der Waals surface area contributed by atoms with Crippen molar-refractivity contribution in [1.29, 1.82) is 0 Å². The van der Waals surface area contributed by atoms with E-state index in [0.29, 0.717) is 6.42 Å². The maximum Gasteiger partial charge on any atom is 0.416 e. The summed E-state index contributed by atoms with van der Waals surface area (Å²) >= 11 is 5.68. The summed E-state index contributed by atoms with van der Waals surface area (Å²) in [5, 5.41) is 0.0942. The molecule has 1 aliphatic rings. The zero-order valence-electron chi connectivity index (χ0n) is 10.2. The van der Waals surface area contributed by atoms with Gasteiger partial charge >= 0.3 is 6.18 Å². The molecule has 5 heteroatoms. The molecule has 1 saturated carbocycles. The number of benzene rings is 1. The first-order chi connectivity index (χ1) is 8.14. The molecule has 0 aliphatic heterocycles. The molecule has 1 aromatic rings. The minimum absolute atomic E-state index is 0.0942. The predicted octanol–water partition coefficient (Wildman–Crippen LogP) is 3.99. The molecule has 0 bridgehead atoms. The van der Waals surface area contributed by atoms with Crippen LogP contribution in [0, 0.1) is 5.41 Å². The number of rotatable bonds is 2. The van der Waals surface area contributed by atoms with E-state index in [0.717, 1.165) is 6.07 Å². The van der Waals surface area contributed by atoms with Crippen molar-refractivity contribution in [2.75, 3.05) is 6.54 Å². The molecule has 18 heavy (non-hydrogen) atoms. The zero-order chi connectivity index (χ0) is 13.8. The molecule has 0 saturated heterocycles. The predicted molar refractivity (Wildman–Crippen MR) is 65.6 cm³/mol. The van der Waals surface area contributed by atoms with Gasteiger partial charge in [0.25, 0.3) is 0 Å². The molecule has 0 aromatic heterocycles. The van der Waals surface area contributed by atoms with Crippen LogP contribution >= 0.6 is 11.6 Å². The Kier molecular flexibility index (Phi) is 2.95. The number of nitrogens with two attached hydrogens (primary N) is 1. The van der Waals surface area contributed by atoms with Crippen molar-refractivity contribution in [1.82, 2.24) is 0 Å². The van der Waals surface area contributed by atoms with Gasteiger partial charge in [0.15, 0.2) is 0 Å². The largest absolute Gasteiger partial charge is 0.416 e. The first-order valence-electron chi connectivity index (χ1n) is 5.71. The van der Waals surface area contributed by atoms with Crippen molar-refractivity contribution in [3.63, 3.8) is 0 Å². The molecule has 100 valence electrons. The Hall–Kier alpha value is -0.740. The van der Waals surface area contributed by atoms with E-state index < -0.39 is 17.2 Å². The molecule has 1 nitrogen and oxygen atoms in total. The Balaban J connectivity index is 2.59. The van der Waals surface area contributed by atoms with Crippen molar-refractivity contribution in [3.05, 3.63) is 34.3 Å². The van der Waals surface area contributed by atoms with Crippen LogP contribution in [-0.2, 0) is 11.6 Å². The topological polar surface area (TPSA) is 26.0 Å². The molecule has 1 atom stereocenters. The minimum Gasteiger partial charge on any atom is -0.330 e. The van der Waals surface area contributed by atoms with Gasteiger partial charge < -0.3 is 5.73 Å². The van der Waals surface area contributed by atoms with Gasteiger partial charge in [-0.25, -0.2) is 0 Å². The van der Waals surface area contributed by atoms with Crippen LogP contribution in [0.4, 0.5) is 13.2 Å². The summed E-state index contributed by atoms with van der Waals surface area (Å²) in [5.41, 5.74) is 4.56. The molecule has 2 rings (SSSR count). The lowest BCUT2D eigenvalue weighted by Crippen LogP contribution is -2.28. The fourth-order valence-electron chi connectivity index (χ4n) is 2.80. The van der Waals surface area contributed by atoms with Gasteiger partial charge in [-0.1, -0.05) is 31.5 Å². The van der Waals surface area contributed by atoms with Gasteiger partial charge in [-0.3, -0.25) is 0 Å². The number of hydrogen-bond donors (Lipinski definition) is 1. The van der Waals surface area contributed by atoms with Crippen LogP contribution in [0.2, 0.25) is 5.02 Å². The average molecular weight is 278 g/mol. The first-order valence-corrected chi connectivity index (χ1v) is 6.09. The fraction of sp³-hybridized carbons (Fsp3) is 0.538. The van der Waals surface area contributed by atoms with Gasteiger partial charge in [-0.2, -0.15) is 13.2 Å². The summed E-state index contributed by atoms with van der Waals surface area (Å²) < 4.78 is 39.2. The van der Waals surface area contributed by atoms with E-state index in [1.165, 1.54) is 12.1 Å². The number of alkyl halides is 3. The van der Waals surface area contributed by atoms with E-state index >= 15 is 0 Å². The lowest BCUT2D eigenvalue weighted by molar-refractivity contribution is -0.138. The van der Waals surface area contributed by atoms with Crippen LogP contribution in [-0.4, -0.2) is 6.54 Å².